The molecule has 2 rings (SSSR count). The number of ether oxygens (including phenoxy) is 1. The molecule has 0 saturated heterocycles. The molecule has 0 unspecified atom stereocenters. The number of amides is 1. The lowest BCUT2D eigenvalue weighted by Crippen LogP contribution is -2.41. The molecule has 0 N–H and O–H groups in total. The standard InChI is InChI=1S/C15H18N2O3S2/c1-10(2)17(8-14(19)20-3)13(18)7-11-9-22-15(16-11)12-5-4-6-21-12/h4-6,9-10H,7-8H2,1-3H3. The Kier molecular flexibility index (Phi) is 5.68. The van der Waals surface area contributed by atoms with Gasteiger partial charge in [0.05, 0.1) is 24.1 Å². The molecule has 0 fully saturated rings. The number of aromatic nitrogens is 1. The van der Waals surface area contributed by atoms with Gasteiger partial charge in [0.1, 0.15) is 11.6 Å². The monoisotopic (exact) mass is 338 g/mol. The molecule has 2 heterocycles. The molecule has 5 nitrogen and oxygen atoms in total. The summed E-state index contributed by atoms with van der Waals surface area (Å²) in [5.74, 6) is -0.539. The molecule has 0 saturated carbocycles. The highest BCUT2D eigenvalue weighted by Gasteiger charge is 2.21. The molecule has 22 heavy (non-hydrogen) atoms. The number of esters is 1. The van der Waals surface area contributed by atoms with E-state index in [1.807, 2.05) is 36.7 Å². The van der Waals surface area contributed by atoms with Crippen LogP contribution in [0.15, 0.2) is 22.9 Å². The minimum Gasteiger partial charge on any atom is -0.468 e. The zero-order valence-corrected chi connectivity index (χ0v) is 14.4. The lowest BCUT2D eigenvalue weighted by molar-refractivity contribution is -0.148. The summed E-state index contributed by atoms with van der Waals surface area (Å²) in [6, 6.07) is 3.91. The number of hydrogen-bond donors (Lipinski definition) is 0. The second-order valence-electron chi connectivity index (χ2n) is 4.99. The third-order valence-corrected chi connectivity index (χ3v) is 5.02. The first-order valence-electron chi connectivity index (χ1n) is 6.85. The second kappa shape index (κ2) is 7.51. The maximum Gasteiger partial charge on any atom is 0.325 e. The Morgan fingerprint density at radius 1 is 1.36 bits per heavy atom. The molecule has 7 heteroatoms. The van der Waals surface area contributed by atoms with E-state index >= 15 is 0 Å². The van der Waals surface area contributed by atoms with Gasteiger partial charge in [-0.2, -0.15) is 0 Å². The minimum atomic E-state index is -0.417. The van der Waals surface area contributed by atoms with Crippen molar-refractivity contribution in [2.45, 2.75) is 26.3 Å². The summed E-state index contributed by atoms with van der Waals surface area (Å²) in [7, 11) is 1.32. The van der Waals surface area contributed by atoms with Gasteiger partial charge in [-0.15, -0.1) is 22.7 Å². The van der Waals surface area contributed by atoms with E-state index in [1.165, 1.54) is 23.3 Å². The van der Waals surface area contributed by atoms with E-state index in [1.54, 1.807) is 11.3 Å². The number of nitrogens with zero attached hydrogens (tertiary/aromatic N) is 2. The van der Waals surface area contributed by atoms with Crippen LogP contribution in [0.1, 0.15) is 19.5 Å². The van der Waals surface area contributed by atoms with Gasteiger partial charge in [-0.05, 0) is 25.3 Å². The molecule has 0 aliphatic rings. The Bertz CT molecular complexity index is 635. The molecule has 0 radical (unpaired) electrons. The first kappa shape index (κ1) is 16.6. The van der Waals surface area contributed by atoms with Gasteiger partial charge in [-0.3, -0.25) is 9.59 Å². The van der Waals surface area contributed by atoms with Crippen LogP contribution in [0.25, 0.3) is 9.88 Å². The molecule has 0 bridgehead atoms. The zero-order valence-electron chi connectivity index (χ0n) is 12.7. The van der Waals surface area contributed by atoms with Crippen molar-refractivity contribution in [2.75, 3.05) is 13.7 Å². The number of thiazole rings is 1. The van der Waals surface area contributed by atoms with E-state index in [0.717, 1.165) is 15.6 Å². The fourth-order valence-electron chi connectivity index (χ4n) is 1.92. The smallest absolute Gasteiger partial charge is 0.325 e. The predicted octanol–water partition coefficient (Wildman–Crippen LogP) is 2.82. The van der Waals surface area contributed by atoms with E-state index in [-0.39, 0.29) is 24.9 Å². The highest BCUT2D eigenvalue weighted by Crippen LogP contribution is 2.28. The number of rotatable bonds is 6. The van der Waals surface area contributed by atoms with Crippen molar-refractivity contribution in [1.29, 1.82) is 0 Å². The van der Waals surface area contributed by atoms with Gasteiger partial charge in [0.25, 0.3) is 0 Å². The van der Waals surface area contributed by atoms with Crippen molar-refractivity contribution in [2.24, 2.45) is 0 Å². The number of methoxy groups -OCH3 is 1. The Balaban J connectivity index is 2.05. The molecule has 0 spiro atoms. The lowest BCUT2D eigenvalue weighted by atomic mass is 10.2. The summed E-state index contributed by atoms with van der Waals surface area (Å²) < 4.78 is 4.64. The van der Waals surface area contributed by atoms with E-state index in [0.29, 0.717) is 0 Å². The SMILES string of the molecule is COC(=O)CN(C(=O)Cc1csc(-c2cccs2)n1)C(C)C. The number of hydrogen-bond acceptors (Lipinski definition) is 6. The summed E-state index contributed by atoms with van der Waals surface area (Å²) in [6.45, 7) is 3.72. The van der Waals surface area contributed by atoms with Crippen LogP contribution >= 0.6 is 22.7 Å². The van der Waals surface area contributed by atoms with Gasteiger partial charge in [0.15, 0.2) is 0 Å². The average Bonchev–Trinajstić information content (AvgIpc) is 3.14. The van der Waals surface area contributed by atoms with Gasteiger partial charge in [-0.1, -0.05) is 6.07 Å². The number of carbonyl (C=O) groups excluding carboxylic acids is 2. The largest absolute Gasteiger partial charge is 0.468 e. The summed E-state index contributed by atoms with van der Waals surface area (Å²) in [5.41, 5.74) is 0.730. The molecule has 0 aliphatic carbocycles. The van der Waals surface area contributed by atoms with E-state index in [2.05, 4.69) is 9.72 Å². The molecule has 0 aliphatic heterocycles. The van der Waals surface area contributed by atoms with Crippen molar-refractivity contribution in [1.82, 2.24) is 9.88 Å². The normalized spacial score (nSPS) is 10.7. The second-order valence-corrected chi connectivity index (χ2v) is 6.80. The minimum absolute atomic E-state index is 0.0328. The lowest BCUT2D eigenvalue weighted by Gasteiger charge is -2.25. The van der Waals surface area contributed by atoms with E-state index < -0.39 is 5.97 Å². The molecule has 1 amide bonds. The molecule has 0 aromatic carbocycles. The summed E-state index contributed by atoms with van der Waals surface area (Å²) >= 11 is 3.15. The number of thiophene rings is 1. The maximum absolute atomic E-state index is 12.4. The third-order valence-electron chi connectivity index (χ3n) is 3.09. The van der Waals surface area contributed by atoms with Crippen LogP contribution in [0.2, 0.25) is 0 Å². The van der Waals surface area contributed by atoms with Gasteiger partial charge >= 0.3 is 5.97 Å². The maximum atomic E-state index is 12.4. The number of carbonyl (C=O) groups is 2. The summed E-state index contributed by atoms with van der Waals surface area (Å²) in [6.07, 6.45) is 0.192. The Morgan fingerprint density at radius 3 is 2.73 bits per heavy atom. The van der Waals surface area contributed by atoms with E-state index in [4.69, 9.17) is 0 Å². The van der Waals surface area contributed by atoms with Gasteiger partial charge < -0.3 is 9.64 Å². The van der Waals surface area contributed by atoms with E-state index in [9.17, 15) is 9.59 Å². The van der Waals surface area contributed by atoms with Crippen LogP contribution in [-0.4, -0.2) is 41.5 Å². The first-order chi connectivity index (χ1) is 10.5. The third kappa shape index (κ3) is 4.14. The molecule has 2 aromatic rings. The molecule has 2 aromatic heterocycles. The van der Waals surface area contributed by atoms with Crippen molar-refractivity contribution in [3.05, 3.63) is 28.6 Å². The van der Waals surface area contributed by atoms with Crippen LogP contribution in [0.5, 0.6) is 0 Å². The average molecular weight is 338 g/mol. The summed E-state index contributed by atoms with van der Waals surface area (Å²) in [5, 5.41) is 4.81. The van der Waals surface area contributed by atoms with Crippen LogP contribution in [0.4, 0.5) is 0 Å². The van der Waals surface area contributed by atoms with Crippen molar-refractivity contribution in [3.63, 3.8) is 0 Å². The van der Waals surface area contributed by atoms with Gasteiger partial charge in [-0.25, -0.2) is 4.98 Å². The fourth-order valence-corrected chi connectivity index (χ4v) is 3.55. The van der Waals surface area contributed by atoms with Crippen LogP contribution in [0.3, 0.4) is 0 Å². The van der Waals surface area contributed by atoms with Crippen molar-refractivity contribution in [3.8, 4) is 9.88 Å². The van der Waals surface area contributed by atoms with Gasteiger partial charge in [0.2, 0.25) is 5.91 Å². The topological polar surface area (TPSA) is 59.5 Å². The molecule has 118 valence electrons. The highest BCUT2D eigenvalue weighted by atomic mass is 32.1. The van der Waals surface area contributed by atoms with Crippen LogP contribution in [-0.2, 0) is 20.7 Å². The fraction of sp³-hybridized carbons (Fsp3) is 0.400. The van der Waals surface area contributed by atoms with Crippen LogP contribution in [0, 0.1) is 0 Å². The van der Waals surface area contributed by atoms with Gasteiger partial charge in [0, 0.05) is 11.4 Å². The molecular weight excluding hydrogens is 320 g/mol. The predicted molar refractivity (Wildman–Crippen MR) is 88.0 cm³/mol. The molecular formula is C15H18N2O3S2. The Morgan fingerprint density at radius 2 is 2.14 bits per heavy atom. The summed E-state index contributed by atoms with van der Waals surface area (Å²) in [4.78, 5) is 30.9. The Hall–Kier alpha value is -1.73. The zero-order chi connectivity index (χ0) is 16.1. The van der Waals surface area contributed by atoms with Crippen molar-refractivity contribution >= 4 is 34.6 Å². The van der Waals surface area contributed by atoms with Crippen molar-refractivity contribution < 1.29 is 14.3 Å². The quantitative estimate of drug-likeness (QED) is 0.760. The Labute approximate surface area is 137 Å². The first-order valence-corrected chi connectivity index (χ1v) is 8.61. The molecule has 0 atom stereocenters. The van der Waals surface area contributed by atoms with Crippen LogP contribution < -0.4 is 0 Å². The highest BCUT2D eigenvalue weighted by molar-refractivity contribution is 7.20.